The van der Waals surface area contributed by atoms with Gasteiger partial charge in [-0.2, -0.15) is 5.26 Å². The third-order valence-electron chi connectivity index (χ3n) is 3.68. The summed E-state index contributed by atoms with van der Waals surface area (Å²) in [7, 11) is 0. The fourth-order valence-electron chi connectivity index (χ4n) is 2.69. The lowest BCUT2D eigenvalue weighted by atomic mass is 9.80. The Morgan fingerprint density at radius 1 is 1.44 bits per heavy atom. The van der Waals surface area contributed by atoms with Gasteiger partial charge in [-0.05, 0) is 32.2 Å². The number of nitriles is 1. The Balaban J connectivity index is 2.31. The molecule has 1 rings (SSSR count). The van der Waals surface area contributed by atoms with Gasteiger partial charge < -0.3 is 4.55 Å². The molecule has 0 aromatic heterocycles. The van der Waals surface area contributed by atoms with E-state index in [9.17, 15) is 9.47 Å². The highest BCUT2D eigenvalue weighted by Gasteiger charge is 2.28. The zero-order valence-corrected chi connectivity index (χ0v) is 12.0. The van der Waals surface area contributed by atoms with E-state index < -0.39 is 16.6 Å². The number of rotatable bonds is 7. The maximum Gasteiger partial charge on any atom is 0.152 e. The van der Waals surface area contributed by atoms with Gasteiger partial charge >= 0.3 is 0 Å². The van der Waals surface area contributed by atoms with Gasteiger partial charge in [-0.1, -0.05) is 32.1 Å². The van der Waals surface area contributed by atoms with Crippen LogP contribution in [0.1, 0.15) is 51.9 Å². The molecule has 2 atom stereocenters. The molecule has 1 fully saturated rings. The second kappa shape index (κ2) is 7.88. The predicted molar refractivity (Wildman–Crippen MR) is 73.5 cm³/mol. The molecule has 104 valence electrons. The van der Waals surface area contributed by atoms with Gasteiger partial charge in [-0.3, -0.25) is 5.32 Å². The van der Waals surface area contributed by atoms with Crippen molar-refractivity contribution >= 4 is 11.1 Å². The molecule has 1 aliphatic carbocycles. The molecule has 0 aliphatic heterocycles. The van der Waals surface area contributed by atoms with Gasteiger partial charge in [0.1, 0.15) is 5.54 Å². The smallest absolute Gasteiger partial charge is 0.152 e. The summed E-state index contributed by atoms with van der Waals surface area (Å²) in [6.45, 7) is 2.57. The Morgan fingerprint density at radius 2 is 2.11 bits per heavy atom. The summed E-state index contributed by atoms with van der Waals surface area (Å²) in [5.41, 5.74) is -0.487. The van der Waals surface area contributed by atoms with Gasteiger partial charge in [0.15, 0.2) is 11.1 Å². The minimum atomic E-state index is -1.72. The Morgan fingerprint density at radius 3 is 2.67 bits per heavy atom. The molecule has 0 spiro atoms. The highest BCUT2D eigenvalue weighted by atomic mass is 32.2. The van der Waals surface area contributed by atoms with E-state index in [0.29, 0.717) is 18.9 Å². The molecule has 0 aromatic carbocycles. The zero-order chi connectivity index (χ0) is 13.4. The largest absolute Gasteiger partial charge is 0.306 e. The lowest BCUT2D eigenvalue weighted by Crippen LogP contribution is -2.43. The highest BCUT2D eigenvalue weighted by molar-refractivity contribution is 7.79. The van der Waals surface area contributed by atoms with Crippen molar-refractivity contribution in [2.75, 3.05) is 12.3 Å². The van der Waals surface area contributed by atoms with Crippen LogP contribution in [-0.2, 0) is 11.1 Å². The SMILES string of the molecule is CC(C#N)(CC1CCCCC1)NCCCS(=O)O. The minimum Gasteiger partial charge on any atom is -0.306 e. The van der Waals surface area contributed by atoms with Crippen LogP contribution < -0.4 is 5.32 Å². The Bertz CT molecular complexity index is 311. The van der Waals surface area contributed by atoms with Gasteiger partial charge in [-0.25, -0.2) is 4.21 Å². The Hall–Kier alpha value is -0.440. The van der Waals surface area contributed by atoms with E-state index in [0.717, 1.165) is 6.42 Å². The highest BCUT2D eigenvalue weighted by Crippen LogP contribution is 2.30. The Labute approximate surface area is 112 Å². The number of hydrogen-bond acceptors (Lipinski definition) is 3. The summed E-state index contributed by atoms with van der Waals surface area (Å²) < 4.78 is 19.2. The molecule has 4 nitrogen and oxygen atoms in total. The number of nitrogens with one attached hydrogen (secondary N) is 1. The molecule has 0 heterocycles. The van der Waals surface area contributed by atoms with Crippen molar-refractivity contribution in [3.8, 4) is 6.07 Å². The van der Waals surface area contributed by atoms with E-state index in [2.05, 4.69) is 11.4 Å². The van der Waals surface area contributed by atoms with Crippen LogP contribution in [0.25, 0.3) is 0 Å². The average molecular weight is 272 g/mol. The molecule has 2 unspecified atom stereocenters. The maximum atomic E-state index is 10.5. The first-order valence-electron chi connectivity index (χ1n) is 6.79. The van der Waals surface area contributed by atoms with Crippen LogP contribution in [0.4, 0.5) is 0 Å². The van der Waals surface area contributed by atoms with Crippen LogP contribution in [0, 0.1) is 17.2 Å². The van der Waals surface area contributed by atoms with Crippen LogP contribution in [-0.4, -0.2) is 26.6 Å². The maximum absolute atomic E-state index is 10.5. The van der Waals surface area contributed by atoms with Gasteiger partial charge in [-0.15, -0.1) is 0 Å². The van der Waals surface area contributed by atoms with E-state index in [1.54, 1.807) is 0 Å². The Kier molecular flexibility index (Phi) is 6.83. The summed E-state index contributed by atoms with van der Waals surface area (Å²) in [5.74, 6) is 0.931. The van der Waals surface area contributed by atoms with E-state index in [1.165, 1.54) is 32.1 Å². The van der Waals surface area contributed by atoms with E-state index >= 15 is 0 Å². The first-order chi connectivity index (χ1) is 8.56. The lowest BCUT2D eigenvalue weighted by Gasteiger charge is -2.30. The van der Waals surface area contributed by atoms with Crippen molar-refractivity contribution in [2.24, 2.45) is 5.92 Å². The summed E-state index contributed by atoms with van der Waals surface area (Å²) in [6, 6.07) is 2.36. The quantitative estimate of drug-likeness (QED) is 0.551. The summed E-state index contributed by atoms with van der Waals surface area (Å²) in [5, 5.41) is 12.5. The molecule has 1 saturated carbocycles. The topological polar surface area (TPSA) is 73.1 Å². The summed E-state index contributed by atoms with van der Waals surface area (Å²) in [6.07, 6.45) is 7.90. The molecule has 0 bridgehead atoms. The third kappa shape index (κ3) is 5.94. The van der Waals surface area contributed by atoms with Crippen LogP contribution in [0.15, 0.2) is 0 Å². The van der Waals surface area contributed by atoms with Gasteiger partial charge in [0.2, 0.25) is 0 Å². The van der Waals surface area contributed by atoms with Crippen molar-refractivity contribution in [3.05, 3.63) is 0 Å². The van der Waals surface area contributed by atoms with Gasteiger partial charge in [0.05, 0.1) is 11.8 Å². The first-order valence-corrected chi connectivity index (χ1v) is 8.07. The van der Waals surface area contributed by atoms with E-state index in [4.69, 9.17) is 4.55 Å². The molecule has 0 aromatic rings. The van der Waals surface area contributed by atoms with Crippen LogP contribution in [0.5, 0.6) is 0 Å². The van der Waals surface area contributed by atoms with Crippen LogP contribution in [0.2, 0.25) is 0 Å². The number of hydrogen-bond donors (Lipinski definition) is 2. The van der Waals surface area contributed by atoms with Crippen molar-refractivity contribution in [1.82, 2.24) is 5.32 Å². The second-order valence-corrected chi connectivity index (χ2v) is 6.51. The van der Waals surface area contributed by atoms with Crippen molar-refractivity contribution in [2.45, 2.75) is 57.4 Å². The van der Waals surface area contributed by atoms with Gasteiger partial charge in [0, 0.05) is 0 Å². The molecule has 0 saturated heterocycles. The molecule has 0 amide bonds. The number of nitrogens with zero attached hydrogens (tertiary/aromatic N) is 1. The molecule has 18 heavy (non-hydrogen) atoms. The normalized spacial score (nSPS) is 22.1. The monoisotopic (exact) mass is 272 g/mol. The standard InChI is InChI=1S/C13H24N2O2S/c1-13(11-14,15-8-5-9-18(16)17)10-12-6-3-2-4-7-12/h12,15H,2-10H2,1H3,(H,16,17). The van der Waals surface area contributed by atoms with Crippen LogP contribution in [0.3, 0.4) is 0 Å². The van der Waals surface area contributed by atoms with Crippen molar-refractivity contribution in [3.63, 3.8) is 0 Å². The van der Waals surface area contributed by atoms with Crippen LogP contribution >= 0.6 is 0 Å². The van der Waals surface area contributed by atoms with E-state index in [-0.39, 0.29) is 5.75 Å². The fraction of sp³-hybridized carbons (Fsp3) is 0.923. The summed E-state index contributed by atoms with van der Waals surface area (Å²) >= 11 is -1.72. The summed E-state index contributed by atoms with van der Waals surface area (Å²) in [4.78, 5) is 0. The molecule has 1 aliphatic rings. The van der Waals surface area contributed by atoms with Crippen molar-refractivity contribution < 1.29 is 8.76 Å². The molecule has 2 N–H and O–H groups in total. The lowest BCUT2D eigenvalue weighted by molar-refractivity contribution is 0.272. The van der Waals surface area contributed by atoms with Gasteiger partial charge in [0.25, 0.3) is 0 Å². The fourth-order valence-corrected chi connectivity index (χ4v) is 3.08. The molecular weight excluding hydrogens is 248 g/mol. The van der Waals surface area contributed by atoms with E-state index in [1.807, 2.05) is 6.92 Å². The molecule has 0 radical (unpaired) electrons. The molecular formula is C13H24N2O2S. The third-order valence-corrected chi connectivity index (χ3v) is 4.32. The second-order valence-electron chi connectivity index (χ2n) is 5.46. The first kappa shape index (κ1) is 15.6. The predicted octanol–water partition coefficient (Wildman–Crippen LogP) is 2.44. The average Bonchev–Trinajstić information content (AvgIpc) is 2.36. The zero-order valence-electron chi connectivity index (χ0n) is 11.2. The van der Waals surface area contributed by atoms with Crippen molar-refractivity contribution in [1.29, 1.82) is 5.26 Å². The minimum absolute atomic E-state index is 0.276. The molecule has 5 heteroatoms.